The topological polar surface area (TPSA) is 33.1 Å². The standard InChI is InChI=1S/C17H21F2NO/c18-16(19)11-8-13-6-9-15(10-7-13)17(20)21-12-14-4-2-1-3-5-14/h1-5,11,13,15,20H,6-10,12H2. The third kappa shape index (κ3) is 5.29. The van der Waals surface area contributed by atoms with Crippen molar-refractivity contribution in [3.63, 3.8) is 0 Å². The third-order valence-corrected chi connectivity index (χ3v) is 4.06. The maximum atomic E-state index is 12.1. The molecule has 21 heavy (non-hydrogen) atoms. The maximum absolute atomic E-state index is 12.1. The van der Waals surface area contributed by atoms with Crippen molar-refractivity contribution in [2.24, 2.45) is 11.8 Å². The van der Waals surface area contributed by atoms with Crippen LogP contribution in [0.4, 0.5) is 8.78 Å². The van der Waals surface area contributed by atoms with Crippen molar-refractivity contribution in [2.45, 2.75) is 38.7 Å². The normalized spacial score (nSPS) is 21.6. The van der Waals surface area contributed by atoms with E-state index in [1.54, 1.807) is 0 Å². The van der Waals surface area contributed by atoms with Crippen molar-refractivity contribution in [1.82, 2.24) is 0 Å². The average molecular weight is 293 g/mol. The molecule has 0 radical (unpaired) electrons. The van der Waals surface area contributed by atoms with Crippen LogP contribution >= 0.6 is 0 Å². The molecule has 2 nitrogen and oxygen atoms in total. The van der Waals surface area contributed by atoms with E-state index in [1.807, 2.05) is 30.3 Å². The second-order valence-corrected chi connectivity index (χ2v) is 5.59. The molecule has 4 heteroatoms. The van der Waals surface area contributed by atoms with Gasteiger partial charge in [0, 0.05) is 5.92 Å². The number of halogens is 2. The van der Waals surface area contributed by atoms with Crippen LogP contribution in [-0.2, 0) is 11.3 Å². The summed E-state index contributed by atoms with van der Waals surface area (Å²) in [6.45, 7) is 0.426. The van der Waals surface area contributed by atoms with Crippen molar-refractivity contribution in [2.75, 3.05) is 0 Å². The molecule has 1 aliphatic carbocycles. The molecule has 0 amide bonds. The van der Waals surface area contributed by atoms with Gasteiger partial charge in [0.1, 0.15) is 6.61 Å². The fourth-order valence-electron chi connectivity index (χ4n) is 2.77. The number of hydrogen-bond acceptors (Lipinski definition) is 2. The molecule has 1 fully saturated rings. The van der Waals surface area contributed by atoms with Crippen LogP contribution in [0.5, 0.6) is 0 Å². The lowest BCUT2D eigenvalue weighted by Gasteiger charge is -2.27. The monoisotopic (exact) mass is 293 g/mol. The fourth-order valence-corrected chi connectivity index (χ4v) is 2.77. The second-order valence-electron chi connectivity index (χ2n) is 5.59. The molecule has 0 heterocycles. The molecule has 0 aromatic heterocycles. The number of nitrogens with one attached hydrogen (secondary N) is 1. The fraction of sp³-hybridized carbons (Fsp3) is 0.471. The van der Waals surface area contributed by atoms with Gasteiger partial charge < -0.3 is 4.74 Å². The van der Waals surface area contributed by atoms with E-state index >= 15 is 0 Å². The van der Waals surface area contributed by atoms with Crippen LogP contribution in [0.2, 0.25) is 0 Å². The van der Waals surface area contributed by atoms with Gasteiger partial charge >= 0.3 is 0 Å². The molecule has 0 spiro atoms. The Bertz CT molecular complexity index is 475. The quantitative estimate of drug-likeness (QED) is 0.590. The molecule has 0 saturated heterocycles. The molecule has 0 aliphatic heterocycles. The first-order valence-electron chi connectivity index (χ1n) is 7.41. The second kappa shape index (κ2) is 7.91. The Balaban J connectivity index is 1.72. The Morgan fingerprint density at radius 2 is 1.81 bits per heavy atom. The number of ether oxygens (including phenoxy) is 1. The van der Waals surface area contributed by atoms with Crippen LogP contribution in [0.3, 0.4) is 0 Å². The van der Waals surface area contributed by atoms with Crippen molar-refractivity contribution < 1.29 is 13.5 Å². The molecule has 114 valence electrons. The zero-order valence-electron chi connectivity index (χ0n) is 12.0. The minimum Gasteiger partial charge on any atom is -0.476 e. The Hall–Kier alpha value is -1.71. The van der Waals surface area contributed by atoms with Gasteiger partial charge in [-0.15, -0.1) is 0 Å². The van der Waals surface area contributed by atoms with Gasteiger partial charge in [0.05, 0.1) is 0 Å². The lowest BCUT2D eigenvalue weighted by Crippen LogP contribution is -2.23. The Morgan fingerprint density at radius 1 is 1.14 bits per heavy atom. The molecule has 2 rings (SSSR count). The van der Waals surface area contributed by atoms with E-state index in [0.717, 1.165) is 37.3 Å². The first-order valence-corrected chi connectivity index (χ1v) is 7.41. The van der Waals surface area contributed by atoms with E-state index in [1.165, 1.54) is 0 Å². The summed E-state index contributed by atoms with van der Waals surface area (Å²) in [5, 5.41) is 8.01. The van der Waals surface area contributed by atoms with E-state index in [0.29, 0.717) is 24.8 Å². The highest BCUT2D eigenvalue weighted by atomic mass is 19.3. The summed E-state index contributed by atoms with van der Waals surface area (Å²) in [6, 6.07) is 9.80. The molecule has 1 N–H and O–H groups in total. The Labute approximate surface area is 124 Å². The SMILES string of the molecule is N=C(OCc1ccccc1)C1CCC(CC=C(F)F)CC1. The van der Waals surface area contributed by atoms with Gasteiger partial charge in [-0.2, -0.15) is 8.78 Å². The van der Waals surface area contributed by atoms with Gasteiger partial charge in [-0.05, 0) is 49.7 Å². The first-order chi connectivity index (χ1) is 10.1. The van der Waals surface area contributed by atoms with Gasteiger partial charge in [-0.3, -0.25) is 5.41 Å². The van der Waals surface area contributed by atoms with Crippen LogP contribution in [0.1, 0.15) is 37.7 Å². The summed E-state index contributed by atoms with van der Waals surface area (Å²) in [4.78, 5) is 0. The molecule has 1 aromatic rings. The highest BCUT2D eigenvalue weighted by molar-refractivity contribution is 5.75. The zero-order chi connectivity index (χ0) is 15.1. The van der Waals surface area contributed by atoms with Crippen LogP contribution in [0.15, 0.2) is 42.5 Å². The molecular formula is C17H21F2NO. The first kappa shape index (κ1) is 15.7. The maximum Gasteiger partial charge on any atom is 0.266 e. The van der Waals surface area contributed by atoms with E-state index in [9.17, 15) is 8.78 Å². The highest BCUT2D eigenvalue weighted by Crippen LogP contribution is 2.32. The minimum absolute atomic E-state index is 0.143. The van der Waals surface area contributed by atoms with Crippen molar-refractivity contribution in [3.05, 3.63) is 48.1 Å². The lowest BCUT2D eigenvalue weighted by atomic mass is 9.80. The summed E-state index contributed by atoms with van der Waals surface area (Å²) in [7, 11) is 0. The van der Waals surface area contributed by atoms with E-state index in [2.05, 4.69) is 0 Å². The van der Waals surface area contributed by atoms with Gasteiger partial charge in [-0.1, -0.05) is 30.3 Å². The third-order valence-electron chi connectivity index (χ3n) is 4.06. The van der Waals surface area contributed by atoms with Gasteiger partial charge in [0.2, 0.25) is 0 Å². The smallest absolute Gasteiger partial charge is 0.266 e. The summed E-state index contributed by atoms with van der Waals surface area (Å²) < 4.78 is 29.7. The Kier molecular flexibility index (Phi) is 5.90. The van der Waals surface area contributed by atoms with Crippen molar-refractivity contribution in [1.29, 1.82) is 5.41 Å². The largest absolute Gasteiger partial charge is 0.476 e. The van der Waals surface area contributed by atoms with Gasteiger partial charge in [-0.25, -0.2) is 0 Å². The number of hydrogen-bond donors (Lipinski definition) is 1. The number of rotatable bonds is 5. The molecule has 0 bridgehead atoms. The van der Waals surface area contributed by atoms with Gasteiger partial charge in [0.25, 0.3) is 6.08 Å². The average Bonchev–Trinajstić information content (AvgIpc) is 2.52. The van der Waals surface area contributed by atoms with E-state index in [4.69, 9.17) is 10.1 Å². The summed E-state index contributed by atoms with van der Waals surface area (Å²) >= 11 is 0. The number of allylic oxidation sites excluding steroid dienone is 1. The lowest BCUT2D eigenvalue weighted by molar-refractivity contribution is 0.232. The molecule has 1 saturated carbocycles. The van der Waals surface area contributed by atoms with Crippen LogP contribution in [-0.4, -0.2) is 5.90 Å². The summed E-state index contributed by atoms with van der Waals surface area (Å²) in [5.74, 6) is 0.804. The van der Waals surface area contributed by atoms with Crippen LogP contribution in [0.25, 0.3) is 0 Å². The molecule has 1 aromatic carbocycles. The van der Waals surface area contributed by atoms with E-state index in [-0.39, 0.29) is 5.92 Å². The molecular weight excluding hydrogens is 272 g/mol. The minimum atomic E-state index is -1.59. The van der Waals surface area contributed by atoms with Crippen molar-refractivity contribution >= 4 is 5.90 Å². The van der Waals surface area contributed by atoms with E-state index < -0.39 is 6.08 Å². The van der Waals surface area contributed by atoms with Crippen molar-refractivity contribution in [3.8, 4) is 0 Å². The number of benzene rings is 1. The summed E-state index contributed by atoms with van der Waals surface area (Å²) in [6.07, 6.45) is 3.39. The zero-order valence-corrected chi connectivity index (χ0v) is 12.0. The Morgan fingerprint density at radius 3 is 2.43 bits per heavy atom. The van der Waals surface area contributed by atoms with Crippen LogP contribution < -0.4 is 0 Å². The predicted molar refractivity (Wildman–Crippen MR) is 79.3 cm³/mol. The predicted octanol–water partition coefficient (Wildman–Crippen LogP) is 5.16. The van der Waals surface area contributed by atoms with Crippen LogP contribution in [0, 0.1) is 17.2 Å². The molecule has 0 atom stereocenters. The molecule has 1 aliphatic rings. The molecule has 0 unspecified atom stereocenters. The highest BCUT2D eigenvalue weighted by Gasteiger charge is 2.24. The van der Waals surface area contributed by atoms with Gasteiger partial charge in [0.15, 0.2) is 5.90 Å². The summed E-state index contributed by atoms with van der Waals surface area (Å²) in [5.41, 5.74) is 1.06.